The minimum absolute atomic E-state index is 0.196. The van der Waals surface area contributed by atoms with Gasteiger partial charge >= 0.3 is 0 Å². The Morgan fingerprint density at radius 2 is 1.74 bits per heavy atom. The third-order valence-electron chi connectivity index (χ3n) is 3.80. The molecule has 3 aromatic rings. The van der Waals surface area contributed by atoms with Crippen molar-refractivity contribution in [1.29, 1.82) is 0 Å². The highest BCUT2D eigenvalue weighted by atomic mass is 32.2. The Hall–Kier alpha value is -3.39. The van der Waals surface area contributed by atoms with Gasteiger partial charge in [-0.2, -0.15) is 5.10 Å². The Bertz CT molecular complexity index is 1030. The average Bonchev–Trinajstić information content (AvgIpc) is 3.21. The Kier molecular flexibility index (Phi) is 5.37. The van der Waals surface area contributed by atoms with Crippen LogP contribution >= 0.6 is 0 Å². The molecule has 1 N–H and O–H groups in total. The highest BCUT2D eigenvalue weighted by Gasteiger charge is 2.21. The smallest absolute Gasteiger partial charge is 0.271 e. The summed E-state index contributed by atoms with van der Waals surface area (Å²) in [7, 11) is -2.20. The summed E-state index contributed by atoms with van der Waals surface area (Å²) in [5.74, 6) is 0.0938. The molecule has 1 aromatic heterocycles. The van der Waals surface area contributed by atoms with Crippen LogP contribution in [0.3, 0.4) is 0 Å². The summed E-state index contributed by atoms with van der Waals surface area (Å²) < 4.78 is 31.5. The van der Waals surface area contributed by atoms with E-state index in [4.69, 9.17) is 4.42 Å². The van der Waals surface area contributed by atoms with E-state index >= 15 is 0 Å². The van der Waals surface area contributed by atoms with Gasteiger partial charge in [-0.3, -0.25) is 9.10 Å². The number of benzene rings is 2. The quantitative estimate of drug-likeness (QED) is 0.523. The molecule has 0 aliphatic rings. The molecule has 0 saturated carbocycles. The molecule has 0 radical (unpaired) electrons. The number of carbonyl (C=O) groups excluding carboxylic acids is 1. The molecule has 0 fully saturated rings. The number of hydrazone groups is 1. The monoisotopic (exact) mass is 383 g/mol. The second-order valence-corrected chi connectivity index (χ2v) is 7.52. The molecular formula is C19H17N3O4S. The van der Waals surface area contributed by atoms with Gasteiger partial charge in [-0.15, -0.1) is 0 Å². The molecule has 2 aromatic carbocycles. The molecule has 0 bridgehead atoms. The van der Waals surface area contributed by atoms with Crippen LogP contribution in [0.15, 0.2) is 87.4 Å². The molecule has 8 heteroatoms. The highest BCUT2D eigenvalue weighted by molar-refractivity contribution is 7.92. The molecule has 0 unspecified atom stereocenters. The average molecular weight is 383 g/mol. The van der Waals surface area contributed by atoms with Gasteiger partial charge in [0.2, 0.25) is 0 Å². The number of nitrogens with one attached hydrogen (secondary N) is 1. The number of carbonyl (C=O) groups is 1. The third kappa shape index (κ3) is 4.24. The molecule has 0 aliphatic heterocycles. The van der Waals surface area contributed by atoms with Crippen LogP contribution in [-0.4, -0.2) is 27.6 Å². The van der Waals surface area contributed by atoms with Crippen LogP contribution in [0.4, 0.5) is 5.69 Å². The van der Waals surface area contributed by atoms with E-state index in [9.17, 15) is 13.2 Å². The van der Waals surface area contributed by atoms with Crippen molar-refractivity contribution in [2.45, 2.75) is 4.90 Å². The highest BCUT2D eigenvalue weighted by Crippen LogP contribution is 2.22. The predicted octanol–water partition coefficient (Wildman–Crippen LogP) is 2.87. The van der Waals surface area contributed by atoms with Crippen molar-refractivity contribution >= 4 is 27.8 Å². The number of amides is 1. The Morgan fingerprint density at radius 3 is 2.37 bits per heavy atom. The second kappa shape index (κ2) is 7.88. The van der Waals surface area contributed by atoms with Crippen molar-refractivity contribution in [3.63, 3.8) is 0 Å². The van der Waals surface area contributed by atoms with Crippen LogP contribution in [0.25, 0.3) is 0 Å². The van der Waals surface area contributed by atoms with Gasteiger partial charge < -0.3 is 4.42 Å². The first-order valence-corrected chi connectivity index (χ1v) is 9.43. The largest absolute Gasteiger partial charge is 0.463 e. The van der Waals surface area contributed by atoms with Crippen molar-refractivity contribution in [1.82, 2.24) is 5.43 Å². The van der Waals surface area contributed by atoms with Crippen LogP contribution in [0.1, 0.15) is 16.1 Å². The molecule has 3 rings (SSSR count). The SMILES string of the molecule is CN(c1ccc(C(=O)N/N=C\c2ccco2)cc1)S(=O)(=O)c1ccccc1. The lowest BCUT2D eigenvalue weighted by molar-refractivity contribution is 0.0955. The third-order valence-corrected chi connectivity index (χ3v) is 5.60. The molecule has 7 nitrogen and oxygen atoms in total. The van der Waals surface area contributed by atoms with Gasteiger partial charge in [-0.25, -0.2) is 13.8 Å². The number of rotatable bonds is 6. The maximum absolute atomic E-state index is 12.6. The summed E-state index contributed by atoms with van der Waals surface area (Å²) in [5.41, 5.74) is 3.17. The van der Waals surface area contributed by atoms with Crippen molar-refractivity contribution in [2.75, 3.05) is 11.4 Å². The maximum Gasteiger partial charge on any atom is 0.271 e. The Labute approximate surface area is 157 Å². The number of hydrogen-bond acceptors (Lipinski definition) is 5. The fourth-order valence-corrected chi connectivity index (χ4v) is 3.51. The molecule has 0 spiro atoms. The maximum atomic E-state index is 12.6. The van der Waals surface area contributed by atoms with Crippen LogP contribution in [0.2, 0.25) is 0 Å². The first-order chi connectivity index (χ1) is 13.0. The summed E-state index contributed by atoms with van der Waals surface area (Å²) in [6.45, 7) is 0. The summed E-state index contributed by atoms with van der Waals surface area (Å²) in [4.78, 5) is 12.3. The van der Waals surface area contributed by atoms with Crippen molar-refractivity contribution in [3.8, 4) is 0 Å². The van der Waals surface area contributed by atoms with Crippen LogP contribution in [-0.2, 0) is 10.0 Å². The van der Waals surface area contributed by atoms with Crippen LogP contribution in [0.5, 0.6) is 0 Å². The predicted molar refractivity (Wildman–Crippen MR) is 102 cm³/mol. The lowest BCUT2D eigenvalue weighted by Gasteiger charge is -2.19. The van der Waals surface area contributed by atoms with E-state index in [0.717, 1.165) is 0 Å². The number of nitrogens with zero attached hydrogens (tertiary/aromatic N) is 2. The topological polar surface area (TPSA) is 92.0 Å². The minimum Gasteiger partial charge on any atom is -0.463 e. The minimum atomic E-state index is -3.67. The standard InChI is InChI=1S/C19H17N3O4S/c1-22(27(24,25)18-7-3-2-4-8-18)16-11-9-15(10-12-16)19(23)21-20-14-17-6-5-13-26-17/h2-14H,1H3,(H,21,23)/b20-14-. The number of furan rings is 1. The van der Waals surface area contributed by atoms with Gasteiger partial charge in [0.15, 0.2) is 0 Å². The van der Waals surface area contributed by atoms with Gasteiger partial charge in [0.05, 0.1) is 23.1 Å². The fourth-order valence-electron chi connectivity index (χ4n) is 2.30. The van der Waals surface area contributed by atoms with Gasteiger partial charge in [0, 0.05) is 12.6 Å². The van der Waals surface area contributed by atoms with Crippen LogP contribution in [0, 0.1) is 0 Å². The molecule has 0 saturated heterocycles. The number of anilines is 1. The molecule has 0 atom stereocenters. The van der Waals surface area contributed by atoms with Gasteiger partial charge in [-0.1, -0.05) is 18.2 Å². The zero-order valence-corrected chi connectivity index (χ0v) is 15.3. The van der Waals surface area contributed by atoms with Crippen molar-refractivity contribution in [2.24, 2.45) is 5.10 Å². The van der Waals surface area contributed by atoms with Crippen LogP contribution < -0.4 is 9.73 Å². The van der Waals surface area contributed by atoms with E-state index in [1.165, 1.54) is 48.1 Å². The fraction of sp³-hybridized carbons (Fsp3) is 0.0526. The Balaban J connectivity index is 1.70. The lowest BCUT2D eigenvalue weighted by atomic mass is 10.2. The number of sulfonamides is 1. The molecule has 1 amide bonds. The van der Waals surface area contributed by atoms with Gasteiger partial charge in [-0.05, 0) is 48.5 Å². The first kappa shape index (κ1) is 18.4. The molecule has 0 aliphatic carbocycles. The van der Waals surface area contributed by atoms with Crippen molar-refractivity contribution in [3.05, 3.63) is 84.3 Å². The zero-order chi connectivity index (χ0) is 19.3. The summed E-state index contributed by atoms with van der Waals surface area (Å²) in [6.07, 6.45) is 2.88. The summed E-state index contributed by atoms with van der Waals surface area (Å²) in [6, 6.07) is 17.7. The van der Waals surface area contributed by atoms with Gasteiger partial charge in [0.25, 0.3) is 15.9 Å². The lowest BCUT2D eigenvalue weighted by Crippen LogP contribution is -2.26. The molecule has 27 heavy (non-hydrogen) atoms. The van der Waals surface area contributed by atoms with E-state index in [2.05, 4.69) is 10.5 Å². The number of hydrogen-bond donors (Lipinski definition) is 1. The second-order valence-electron chi connectivity index (χ2n) is 5.55. The zero-order valence-electron chi connectivity index (χ0n) is 14.4. The first-order valence-electron chi connectivity index (χ1n) is 7.99. The van der Waals surface area contributed by atoms with Gasteiger partial charge in [0.1, 0.15) is 5.76 Å². The molecule has 138 valence electrons. The normalized spacial score (nSPS) is 11.4. The van der Waals surface area contributed by atoms with E-state index in [-0.39, 0.29) is 4.90 Å². The molecule has 1 heterocycles. The van der Waals surface area contributed by atoms with E-state index in [1.807, 2.05) is 0 Å². The summed E-state index contributed by atoms with van der Waals surface area (Å²) >= 11 is 0. The summed E-state index contributed by atoms with van der Waals surface area (Å²) in [5, 5.41) is 3.80. The van der Waals surface area contributed by atoms with E-state index in [0.29, 0.717) is 17.0 Å². The van der Waals surface area contributed by atoms with E-state index in [1.54, 1.807) is 42.5 Å². The molecular weight excluding hydrogens is 366 g/mol. The van der Waals surface area contributed by atoms with E-state index < -0.39 is 15.9 Å². The Morgan fingerprint density at radius 1 is 1.04 bits per heavy atom. The van der Waals surface area contributed by atoms with Crippen molar-refractivity contribution < 1.29 is 17.6 Å².